The van der Waals surface area contributed by atoms with Gasteiger partial charge in [-0.1, -0.05) is 60.7 Å². The van der Waals surface area contributed by atoms with Crippen molar-refractivity contribution in [1.29, 1.82) is 0 Å². The van der Waals surface area contributed by atoms with Crippen LogP contribution in [0.5, 0.6) is 5.75 Å². The van der Waals surface area contributed by atoms with Gasteiger partial charge >= 0.3 is 36.4 Å². The van der Waals surface area contributed by atoms with Crippen LogP contribution in [0.1, 0.15) is 22.3 Å². The number of benzene rings is 3. The van der Waals surface area contributed by atoms with Crippen molar-refractivity contribution >= 4 is 31.2 Å². The first-order valence-corrected chi connectivity index (χ1v) is 15.9. The van der Waals surface area contributed by atoms with E-state index in [0.717, 1.165) is 18.4 Å². The van der Waals surface area contributed by atoms with E-state index in [1.807, 2.05) is 36.4 Å². The van der Waals surface area contributed by atoms with Crippen molar-refractivity contribution in [3.05, 3.63) is 95.1 Å². The Bertz CT molecular complexity index is 966. The molecule has 0 aromatic heterocycles. The minimum absolute atomic E-state index is 0.396. The molecule has 3 rings (SSSR count). The van der Waals surface area contributed by atoms with E-state index in [-0.39, 0.29) is 0 Å². The molecule has 0 fully saturated rings. The van der Waals surface area contributed by atoms with Crippen molar-refractivity contribution in [1.82, 2.24) is 0 Å². The Morgan fingerprint density at radius 3 is 1.47 bits per heavy atom. The molecule has 3 aromatic rings. The maximum absolute atomic E-state index is 11.2. The molecule has 0 unspecified atom stereocenters. The van der Waals surface area contributed by atoms with E-state index in [9.17, 15) is 22.0 Å². The summed E-state index contributed by atoms with van der Waals surface area (Å²) in [5, 5.41) is 10.4. The molecule has 0 saturated heterocycles. The van der Waals surface area contributed by atoms with E-state index in [0.29, 0.717) is 5.75 Å². The van der Waals surface area contributed by atoms with Crippen LogP contribution in [0.4, 0.5) is 16.9 Å². The van der Waals surface area contributed by atoms with E-state index in [1.54, 1.807) is 0 Å². The van der Waals surface area contributed by atoms with Gasteiger partial charge in [-0.05, 0) is 23.3 Å². The Hall–Kier alpha value is -1.79. The van der Waals surface area contributed by atoms with Gasteiger partial charge in [0.15, 0.2) is 4.90 Å². The van der Waals surface area contributed by atoms with E-state index in [4.69, 9.17) is 0 Å². The number of thiol groups is 1. The van der Waals surface area contributed by atoms with Gasteiger partial charge in [0.2, 0.25) is 0 Å². The normalized spacial score (nSPS) is 13.6. The van der Waals surface area contributed by atoms with Crippen molar-refractivity contribution in [2.75, 3.05) is 6.26 Å². The Morgan fingerprint density at radius 1 is 0.667 bits per heavy atom. The standard InChI is InChI=1S/C21H20OS.6FH.Sb/c1-23-21-13-12-20(22)18(14-16-8-4-2-5-9-16)19(21)15-17-10-6-3-7-11-17;;;;;;;/h2-13,22H,14-15H2,1H3;6*1H;/q;;;;;;;+5/p-5. The molecule has 164 valence electrons. The number of hydrogen-bond acceptors (Lipinski definition) is 1. The third-order valence-corrected chi connectivity index (χ3v) is 4.97. The van der Waals surface area contributed by atoms with Crippen LogP contribution in [0.15, 0.2) is 77.7 Å². The second-order valence-electron chi connectivity index (χ2n) is 6.57. The van der Waals surface area contributed by atoms with Gasteiger partial charge in [-0.2, -0.15) is 0 Å². The molecule has 0 aliphatic heterocycles. The molecule has 1 N–H and O–H groups in total. The second kappa shape index (κ2) is 8.75. The summed E-state index contributed by atoms with van der Waals surface area (Å²) in [6.07, 6.45) is 3.76. The molecular formula is C21H21F6OSSb. The fourth-order valence-corrected chi connectivity index (χ4v) is 3.58. The SMILES string of the molecule is C[SH+]c1ccc(O)c(Cc2ccccc2)c1Cc1ccccc1.[F][Sb-]([F])([F])([F])([F])[F]. The van der Waals surface area contributed by atoms with Gasteiger partial charge in [-0.15, -0.1) is 0 Å². The van der Waals surface area contributed by atoms with Gasteiger partial charge in [-0.3, -0.25) is 0 Å². The Balaban J connectivity index is 0.000000396. The molecule has 0 heterocycles. The van der Waals surface area contributed by atoms with E-state index < -0.39 is 19.5 Å². The van der Waals surface area contributed by atoms with Gasteiger partial charge in [0.1, 0.15) is 12.0 Å². The average molecular weight is 557 g/mol. The van der Waals surface area contributed by atoms with Crippen LogP contribution in [0.25, 0.3) is 0 Å². The first-order valence-electron chi connectivity index (χ1n) is 8.80. The molecule has 30 heavy (non-hydrogen) atoms. The third-order valence-electron chi connectivity index (χ3n) is 4.07. The van der Waals surface area contributed by atoms with E-state index >= 15 is 0 Å². The van der Waals surface area contributed by atoms with E-state index in [2.05, 4.69) is 42.7 Å². The van der Waals surface area contributed by atoms with Crippen LogP contribution >= 0.6 is 0 Å². The summed E-state index contributed by atoms with van der Waals surface area (Å²) < 4.78 is 59.6. The molecule has 3 aromatic carbocycles. The Kier molecular flexibility index (Phi) is 7.14. The molecule has 9 heteroatoms. The first kappa shape index (κ1) is 24.5. The second-order valence-corrected chi connectivity index (χ2v) is 13.0. The molecule has 0 radical (unpaired) electrons. The van der Waals surface area contributed by atoms with Crippen molar-refractivity contribution < 1.29 is 22.0 Å². The molecule has 0 saturated carbocycles. The van der Waals surface area contributed by atoms with Crippen molar-refractivity contribution in [3.8, 4) is 5.75 Å². The summed E-state index contributed by atoms with van der Waals surface area (Å²) >= 11 is -10.0. The van der Waals surface area contributed by atoms with Gasteiger partial charge in [0, 0.05) is 35.7 Å². The van der Waals surface area contributed by atoms with Crippen LogP contribution in [0.2, 0.25) is 0 Å². The zero-order valence-corrected chi connectivity index (χ0v) is 19.4. The molecule has 1 nitrogen and oxygen atoms in total. The predicted molar refractivity (Wildman–Crippen MR) is 112 cm³/mol. The van der Waals surface area contributed by atoms with Crippen LogP contribution in [0, 0.1) is 0 Å². The first-order chi connectivity index (χ1) is 13.7. The molecular weight excluding hydrogens is 536 g/mol. The predicted octanol–water partition coefficient (Wildman–Crippen LogP) is 6.52. The van der Waals surface area contributed by atoms with Gasteiger partial charge < -0.3 is 5.11 Å². The third kappa shape index (κ3) is 9.81. The number of hydrogen-bond donors (Lipinski definition) is 1. The molecule has 0 atom stereocenters. The van der Waals surface area contributed by atoms with Crippen LogP contribution < -0.4 is 0 Å². The maximum atomic E-state index is 10.4. The summed E-state index contributed by atoms with van der Waals surface area (Å²) in [5.41, 5.74) is 4.80. The monoisotopic (exact) mass is 556 g/mol. The summed E-state index contributed by atoms with van der Waals surface area (Å²) in [6.45, 7) is 0. The zero-order chi connectivity index (χ0) is 22.5. The van der Waals surface area contributed by atoms with Crippen LogP contribution in [-0.4, -0.2) is 30.8 Å². The van der Waals surface area contributed by atoms with Crippen molar-refractivity contribution in [2.45, 2.75) is 17.7 Å². The van der Waals surface area contributed by atoms with E-state index in [1.165, 1.54) is 33.3 Å². The summed E-state index contributed by atoms with van der Waals surface area (Å²) in [7, 11) is 0. The summed E-state index contributed by atoms with van der Waals surface area (Å²) in [4.78, 5) is 1.29. The Morgan fingerprint density at radius 2 is 1.07 bits per heavy atom. The average Bonchev–Trinajstić information content (AvgIpc) is 2.64. The van der Waals surface area contributed by atoms with Gasteiger partial charge in [0.25, 0.3) is 0 Å². The summed E-state index contributed by atoms with van der Waals surface area (Å²) in [5.74, 6) is 0.396. The molecule has 0 aliphatic carbocycles. The fourth-order valence-electron chi connectivity index (χ4n) is 2.87. The quantitative estimate of drug-likeness (QED) is 0.164. The van der Waals surface area contributed by atoms with Gasteiger partial charge in [0.05, 0.1) is 0 Å². The fraction of sp³-hybridized carbons (Fsp3) is 0.143. The molecule has 0 spiro atoms. The minimum atomic E-state index is -11.2. The zero-order valence-electron chi connectivity index (χ0n) is 16.0. The molecule has 0 bridgehead atoms. The number of phenolic OH excluding ortho intramolecular Hbond substituents is 1. The van der Waals surface area contributed by atoms with Gasteiger partial charge in [-0.25, -0.2) is 0 Å². The number of aromatic hydroxyl groups is 1. The Labute approximate surface area is 177 Å². The topological polar surface area (TPSA) is 20.2 Å². The molecule has 0 aliphatic rings. The van der Waals surface area contributed by atoms with Crippen LogP contribution in [-0.2, 0) is 24.6 Å². The number of rotatable bonds is 5. The van der Waals surface area contributed by atoms with Crippen molar-refractivity contribution in [2.24, 2.45) is 0 Å². The molecule has 0 amide bonds. The van der Waals surface area contributed by atoms with Crippen LogP contribution in [0.3, 0.4) is 0 Å². The summed E-state index contributed by atoms with van der Waals surface area (Å²) in [6, 6.07) is 24.7. The number of phenols is 1. The van der Waals surface area contributed by atoms with Crippen molar-refractivity contribution in [3.63, 3.8) is 0 Å². The number of halogens is 6.